The summed E-state index contributed by atoms with van der Waals surface area (Å²) in [5.74, 6) is -0.0358. The third-order valence-electron chi connectivity index (χ3n) is 2.44. The summed E-state index contributed by atoms with van der Waals surface area (Å²) in [6, 6.07) is 0. The van der Waals surface area contributed by atoms with Crippen LogP contribution >= 0.6 is 0 Å². The molecule has 0 aromatic rings. The summed E-state index contributed by atoms with van der Waals surface area (Å²) >= 11 is 0. The van der Waals surface area contributed by atoms with Gasteiger partial charge in [0.25, 0.3) is 0 Å². The number of allylic oxidation sites excluding steroid dienone is 4. The average Bonchev–Trinajstić information content (AvgIpc) is 2.35. The van der Waals surface area contributed by atoms with Gasteiger partial charge in [0, 0.05) is 19.2 Å². The molecule has 0 bridgehead atoms. The molecule has 0 aromatic heterocycles. The van der Waals surface area contributed by atoms with Crippen molar-refractivity contribution in [2.24, 2.45) is 5.92 Å². The molecule has 1 aliphatic rings. The summed E-state index contributed by atoms with van der Waals surface area (Å²) in [6.45, 7) is 0.258. The summed E-state index contributed by atoms with van der Waals surface area (Å²) in [6.07, 6.45) is 10.2. The normalized spacial score (nSPS) is 16.2. The van der Waals surface area contributed by atoms with E-state index in [4.69, 9.17) is 10.1 Å². The van der Waals surface area contributed by atoms with E-state index in [1.807, 2.05) is 0 Å². The Kier molecular flexibility index (Phi) is 5.32. The Balaban J connectivity index is 2.36. The van der Waals surface area contributed by atoms with Crippen molar-refractivity contribution in [3.8, 4) is 0 Å². The molecular formula is C12H18N2O2. The van der Waals surface area contributed by atoms with E-state index in [2.05, 4.69) is 23.5 Å². The molecule has 0 spiro atoms. The average molecular weight is 222 g/mol. The van der Waals surface area contributed by atoms with E-state index in [1.54, 1.807) is 0 Å². The van der Waals surface area contributed by atoms with E-state index in [-0.39, 0.29) is 12.5 Å². The summed E-state index contributed by atoms with van der Waals surface area (Å²) in [7, 11) is 1.52. The molecule has 0 fully saturated rings. The Morgan fingerprint density at radius 1 is 1.69 bits per heavy atom. The third-order valence-corrected chi connectivity index (χ3v) is 2.44. The van der Waals surface area contributed by atoms with E-state index in [1.165, 1.54) is 18.8 Å². The topological polar surface area (TPSA) is 62.2 Å². The molecule has 0 aromatic carbocycles. The van der Waals surface area contributed by atoms with Gasteiger partial charge in [-0.25, -0.2) is 4.79 Å². The fourth-order valence-electron chi connectivity index (χ4n) is 1.54. The van der Waals surface area contributed by atoms with Crippen LogP contribution in [0.25, 0.3) is 0 Å². The molecule has 1 amide bonds. The minimum atomic E-state index is -0.444. The molecule has 4 nitrogen and oxygen atoms in total. The molecule has 0 heterocycles. The maximum absolute atomic E-state index is 10.9. The quantitative estimate of drug-likeness (QED) is 0.701. The zero-order valence-electron chi connectivity index (χ0n) is 9.53. The van der Waals surface area contributed by atoms with Crippen LogP contribution in [0.2, 0.25) is 0 Å². The van der Waals surface area contributed by atoms with E-state index in [9.17, 15) is 4.79 Å². The number of ether oxygens (including phenoxy) is 1. The lowest BCUT2D eigenvalue weighted by molar-refractivity contribution is 0.140. The Bertz CT molecular complexity index is 308. The molecule has 1 aliphatic carbocycles. The Hall–Kier alpha value is -1.58. The molecule has 0 saturated carbocycles. The first-order valence-corrected chi connectivity index (χ1v) is 5.47. The van der Waals surface area contributed by atoms with Gasteiger partial charge in [0.1, 0.15) is 6.61 Å². The second-order valence-electron chi connectivity index (χ2n) is 3.74. The highest BCUT2D eigenvalue weighted by Gasteiger charge is 2.10. The van der Waals surface area contributed by atoms with Crippen LogP contribution in [0.15, 0.2) is 23.8 Å². The van der Waals surface area contributed by atoms with E-state index in [0.717, 1.165) is 19.3 Å². The van der Waals surface area contributed by atoms with Crippen LogP contribution in [0.3, 0.4) is 0 Å². The van der Waals surface area contributed by atoms with Crippen molar-refractivity contribution < 1.29 is 9.53 Å². The molecule has 0 unspecified atom stereocenters. The van der Waals surface area contributed by atoms with Crippen molar-refractivity contribution in [2.75, 3.05) is 13.7 Å². The second kappa shape index (κ2) is 6.82. The zero-order chi connectivity index (χ0) is 11.8. The number of nitrogens with one attached hydrogen (secondary N) is 2. The first-order chi connectivity index (χ1) is 7.76. The van der Waals surface area contributed by atoms with Crippen LogP contribution in [0.4, 0.5) is 4.79 Å². The molecule has 0 radical (unpaired) electrons. The van der Waals surface area contributed by atoms with Gasteiger partial charge in [0.2, 0.25) is 0 Å². The molecule has 0 saturated heterocycles. The van der Waals surface area contributed by atoms with Crippen molar-refractivity contribution >= 4 is 12.3 Å². The van der Waals surface area contributed by atoms with Crippen molar-refractivity contribution in [1.29, 1.82) is 5.41 Å². The maximum Gasteiger partial charge on any atom is 0.406 e. The van der Waals surface area contributed by atoms with E-state index < -0.39 is 6.09 Å². The van der Waals surface area contributed by atoms with Gasteiger partial charge in [-0.05, 0) is 19.3 Å². The van der Waals surface area contributed by atoms with Gasteiger partial charge in [-0.2, -0.15) is 0 Å². The van der Waals surface area contributed by atoms with Crippen molar-refractivity contribution in [2.45, 2.75) is 19.3 Å². The standard InChI is InChI=1S/C12H18N2O2/c1-14-12(15)16-9-11(8-13)7-10-5-3-2-4-6-10/h3,5-6,8,11,13H,2,4,7,9H2,1H3,(H,14,15)/t11-/m1/s1. The third kappa shape index (κ3) is 4.29. The largest absolute Gasteiger partial charge is 0.449 e. The first-order valence-electron chi connectivity index (χ1n) is 5.47. The molecule has 16 heavy (non-hydrogen) atoms. The zero-order valence-corrected chi connectivity index (χ0v) is 9.53. The molecule has 1 atom stereocenters. The predicted octanol–water partition coefficient (Wildman–Crippen LogP) is 2.27. The molecular weight excluding hydrogens is 204 g/mol. The number of amides is 1. The lowest BCUT2D eigenvalue weighted by Crippen LogP contribution is -2.23. The van der Waals surface area contributed by atoms with Gasteiger partial charge in [-0.1, -0.05) is 23.8 Å². The molecule has 2 N–H and O–H groups in total. The first kappa shape index (κ1) is 12.5. The Morgan fingerprint density at radius 3 is 3.06 bits per heavy atom. The highest BCUT2D eigenvalue weighted by atomic mass is 16.5. The van der Waals surface area contributed by atoms with Gasteiger partial charge in [-0.3, -0.25) is 0 Å². The van der Waals surface area contributed by atoms with Crippen LogP contribution in [-0.2, 0) is 4.74 Å². The summed E-state index contributed by atoms with van der Waals surface area (Å²) in [4.78, 5) is 10.9. The summed E-state index contributed by atoms with van der Waals surface area (Å²) in [5, 5.41) is 9.68. The van der Waals surface area contributed by atoms with E-state index in [0.29, 0.717) is 0 Å². The number of hydrogen-bond acceptors (Lipinski definition) is 3. The molecule has 88 valence electrons. The lowest BCUT2D eigenvalue weighted by atomic mass is 9.97. The van der Waals surface area contributed by atoms with Crippen LogP contribution in [0.5, 0.6) is 0 Å². The van der Waals surface area contributed by atoms with Crippen molar-refractivity contribution in [1.82, 2.24) is 5.32 Å². The van der Waals surface area contributed by atoms with Crippen LogP contribution in [0, 0.1) is 11.3 Å². The maximum atomic E-state index is 10.9. The van der Waals surface area contributed by atoms with E-state index >= 15 is 0 Å². The molecule has 1 rings (SSSR count). The van der Waals surface area contributed by atoms with Crippen LogP contribution in [0.1, 0.15) is 19.3 Å². The highest BCUT2D eigenvalue weighted by Crippen LogP contribution is 2.17. The monoisotopic (exact) mass is 222 g/mol. The minimum absolute atomic E-state index is 0.0358. The van der Waals surface area contributed by atoms with Gasteiger partial charge in [-0.15, -0.1) is 0 Å². The molecule has 4 heteroatoms. The van der Waals surface area contributed by atoms with Crippen LogP contribution < -0.4 is 5.32 Å². The van der Waals surface area contributed by atoms with Gasteiger partial charge in [0.05, 0.1) is 0 Å². The fourth-order valence-corrected chi connectivity index (χ4v) is 1.54. The SMILES string of the molecule is CNC(=O)OC[C@@H](C=N)CC1=CCCC=C1. The minimum Gasteiger partial charge on any atom is -0.449 e. The van der Waals surface area contributed by atoms with Gasteiger partial charge in [0.15, 0.2) is 0 Å². The fraction of sp³-hybridized carbons (Fsp3) is 0.500. The number of hydrogen-bond donors (Lipinski definition) is 2. The Morgan fingerprint density at radius 2 is 2.50 bits per heavy atom. The Labute approximate surface area is 95.9 Å². The van der Waals surface area contributed by atoms with Crippen molar-refractivity contribution in [3.05, 3.63) is 23.8 Å². The molecule has 0 aliphatic heterocycles. The second-order valence-corrected chi connectivity index (χ2v) is 3.74. The van der Waals surface area contributed by atoms with Crippen molar-refractivity contribution in [3.63, 3.8) is 0 Å². The number of carbonyl (C=O) groups is 1. The smallest absolute Gasteiger partial charge is 0.406 e. The van der Waals surface area contributed by atoms with Gasteiger partial charge >= 0.3 is 6.09 Å². The number of carbonyl (C=O) groups excluding carboxylic acids is 1. The summed E-state index contributed by atoms with van der Waals surface area (Å²) in [5.41, 5.74) is 1.22. The van der Waals surface area contributed by atoms with Gasteiger partial charge < -0.3 is 15.5 Å². The summed E-state index contributed by atoms with van der Waals surface area (Å²) < 4.78 is 4.93. The number of alkyl carbamates (subject to hydrolysis) is 1. The lowest BCUT2D eigenvalue weighted by Gasteiger charge is -2.14. The predicted molar refractivity (Wildman–Crippen MR) is 63.8 cm³/mol. The van der Waals surface area contributed by atoms with Crippen LogP contribution in [-0.4, -0.2) is 26.0 Å². The number of rotatable bonds is 5. The highest BCUT2D eigenvalue weighted by molar-refractivity contribution is 5.67.